The molecule has 0 spiro atoms. The molecular formula is C42H34. The highest BCUT2D eigenvalue weighted by Crippen LogP contribution is 2.49. The van der Waals surface area contributed by atoms with E-state index >= 15 is 0 Å². The second-order valence-corrected chi connectivity index (χ2v) is 11.1. The van der Waals surface area contributed by atoms with Crippen molar-refractivity contribution >= 4 is 33.2 Å². The third-order valence-electron chi connectivity index (χ3n) is 8.61. The zero-order valence-electron chi connectivity index (χ0n) is 24.3. The molecule has 0 radical (unpaired) electrons. The molecule has 202 valence electrons. The fourth-order valence-corrected chi connectivity index (χ4v) is 6.73. The summed E-state index contributed by atoms with van der Waals surface area (Å²) >= 11 is 0. The Labute approximate surface area is 249 Å². The lowest BCUT2D eigenvalue weighted by Crippen LogP contribution is -2.04. The van der Waals surface area contributed by atoms with Crippen LogP contribution < -0.4 is 0 Å². The zero-order chi connectivity index (χ0) is 28.5. The normalized spacial score (nSPS) is 13.2. The van der Waals surface area contributed by atoms with E-state index in [-0.39, 0.29) is 0 Å². The summed E-state index contributed by atoms with van der Waals surface area (Å²) in [5, 5.41) is 5.22. The van der Waals surface area contributed by atoms with Gasteiger partial charge in [0.05, 0.1) is 0 Å². The molecule has 0 atom stereocenters. The van der Waals surface area contributed by atoms with Crippen LogP contribution in [0.3, 0.4) is 0 Å². The van der Waals surface area contributed by atoms with Crippen LogP contribution in [0.5, 0.6) is 0 Å². The van der Waals surface area contributed by atoms with Crippen molar-refractivity contribution in [3.05, 3.63) is 156 Å². The summed E-state index contributed by atoms with van der Waals surface area (Å²) in [6, 6.07) is 42.2. The van der Waals surface area contributed by atoms with E-state index in [0.29, 0.717) is 0 Å². The summed E-state index contributed by atoms with van der Waals surface area (Å²) in [4.78, 5) is 0. The van der Waals surface area contributed by atoms with Crippen LogP contribution >= 0.6 is 0 Å². The van der Waals surface area contributed by atoms with Gasteiger partial charge in [-0.1, -0.05) is 140 Å². The van der Waals surface area contributed by atoms with Gasteiger partial charge in [-0.15, -0.1) is 0 Å². The second kappa shape index (κ2) is 11.1. The standard InChI is InChI=1S/C42H34/c1-3-4-17-29(2)38-28-39(30-18-7-5-8-19-30)32-22-11-12-23-33(32)42(38)41-36-26-15-13-24-34(36)40(31-20-9-6-10-21-31)35-25-14-16-27-37(35)41/h3-15,17-26,28H,16,27H2,1-2H3/b4-3-,29-17+. The van der Waals surface area contributed by atoms with Crippen LogP contribution in [0.1, 0.15) is 37.0 Å². The van der Waals surface area contributed by atoms with Crippen molar-refractivity contribution in [1.82, 2.24) is 0 Å². The van der Waals surface area contributed by atoms with Crippen molar-refractivity contribution in [2.75, 3.05) is 0 Å². The van der Waals surface area contributed by atoms with Crippen LogP contribution in [0.2, 0.25) is 0 Å². The third kappa shape index (κ3) is 4.41. The maximum atomic E-state index is 2.44. The van der Waals surface area contributed by atoms with Crippen LogP contribution in [0.15, 0.2) is 140 Å². The molecule has 0 amide bonds. The summed E-state index contributed by atoms with van der Waals surface area (Å²) in [7, 11) is 0. The van der Waals surface area contributed by atoms with Crippen LogP contribution in [0.4, 0.5) is 0 Å². The summed E-state index contributed by atoms with van der Waals surface area (Å²) in [5.74, 6) is 0. The summed E-state index contributed by atoms with van der Waals surface area (Å²) in [6.45, 7) is 4.34. The highest BCUT2D eigenvalue weighted by molar-refractivity contribution is 6.17. The predicted molar refractivity (Wildman–Crippen MR) is 184 cm³/mol. The number of hydrogen-bond acceptors (Lipinski definition) is 0. The molecule has 0 aromatic heterocycles. The van der Waals surface area contributed by atoms with Crippen molar-refractivity contribution < 1.29 is 0 Å². The Balaban J connectivity index is 1.68. The Morgan fingerprint density at radius 2 is 1.19 bits per heavy atom. The molecular weight excluding hydrogens is 504 g/mol. The van der Waals surface area contributed by atoms with Gasteiger partial charge in [0.1, 0.15) is 0 Å². The van der Waals surface area contributed by atoms with E-state index in [4.69, 9.17) is 0 Å². The number of fused-ring (bicyclic) bond motifs is 3. The molecule has 0 heterocycles. The van der Waals surface area contributed by atoms with Crippen molar-refractivity contribution in [3.8, 4) is 33.4 Å². The molecule has 0 bridgehead atoms. The monoisotopic (exact) mass is 538 g/mol. The first kappa shape index (κ1) is 26.0. The smallest absolute Gasteiger partial charge is 0.00205 e. The minimum atomic E-state index is 1.03. The molecule has 0 nitrogen and oxygen atoms in total. The van der Waals surface area contributed by atoms with E-state index < -0.39 is 0 Å². The molecule has 0 fully saturated rings. The summed E-state index contributed by atoms with van der Waals surface area (Å²) in [5.41, 5.74) is 13.2. The van der Waals surface area contributed by atoms with Gasteiger partial charge in [0.15, 0.2) is 0 Å². The molecule has 0 unspecified atom stereocenters. The zero-order valence-corrected chi connectivity index (χ0v) is 24.3. The predicted octanol–water partition coefficient (Wildman–Crippen LogP) is 11.9. The molecule has 0 aliphatic heterocycles. The van der Waals surface area contributed by atoms with Crippen molar-refractivity contribution in [2.45, 2.75) is 26.7 Å². The Morgan fingerprint density at radius 3 is 1.86 bits per heavy atom. The third-order valence-corrected chi connectivity index (χ3v) is 8.61. The second-order valence-electron chi connectivity index (χ2n) is 11.1. The lowest BCUT2D eigenvalue weighted by atomic mass is 9.77. The van der Waals surface area contributed by atoms with Gasteiger partial charge in [-0.2, -0.15) is 0 Å². The molecule has 42 heavy (non-hydrogen) atoms. The van der Waals surface area contributed by atoms with E-state index in [1.807, 2.05) is 0 Å². The molecule has 0 saturated heterocycles. The average Bonchev–Trinajstić information content (AvgIpc) is 3.06. The lowest BCUT2D eigenvalue weighted by Gasteiger charge is -2.26. The van der Waals surface area contributed by atoms with Gasteiger partial charge in [-0.25, -0.2) is 0 Å². The Kier molecular flexibility index (Phi) is 6.90. The summed E-state index contributed by atoms with van der Waals surface area (Å²) in [6.07, 6.45) is 13.3. The molecule has 0 N–H and O–H groups in total. The Bertz CT molecular complexity index is 2020. The minimum absolute atomic E-state index is 1.03. The van der Waals surface area contributed by atoms with Gasteiger partial charge in [0, 0.05) is 0 Å². The summed E-state index contributed by atoms with van der Waals surface area (Å²) < 4.78 is 0. The van der Waals surface area contributed by atoms with E-state index in [1.54, 1.807) is 0 Å². The van der Waals surface area contributed by atoms with Gasteiger partial charge < -0.3 is 0 Å². The maximum Gasteiger partial charge on any atom is -0.00205 e. The van der Waals surface area contributed by atoms with Gasteiger partial charge in [0.25, 0.3) is 0 Å². The number of hydrogen-bond donors (Lipinski definition) is 0. The van der Waals surface area contributed by atoms with Gasteiger partial charge >= 0.3 is 0 Å². The van der Waals surface area contributed by atoms with E-state index in [1.165, 1.54) is 77.2 Å². The molecule has 7 rings (SSSR count). The highest BCUT2D eigenvalue weighted by Gasteiger charge is 2.25. The highest BCUT2D eigenvalue weighted by atomic mass is 14.3. The lowest BCUT2D eigenvalue weighted by molar-refractivity contribution is 0.991. The first-order valence-electron chi connectivity index (χ1n) is 15.0. The SMILES string of the molecule is C/C=C\C=C(/C)c1cc(-c2ccccc2)c2ccccc2c1-c1c2c(c(-c3ccccc3)c3ccccc13)C=CCC2. The number of rotatable bonds is 5. The van der Waals surface area contributed by atoms with E-state index in [0.717, 1.165) is 12.8 Å². The van der Waals surface area contributed by atoms with Gasteiger partial charge in [-0.05, 0) is 110 Å². The largest absolute Gasteiger partial charge is 0.0877 e. The Morgan fingerprint density at radius 1 is 0.619 bits per heavy atom. The van der Waals surface area contributed by atoms with Crippen LogP contribution in [0, 0.1) is 0 Å². The van der Waals surface area contributed by atoms with Crippen LogP contribution in [-0.4, -0.2) is 0 Å². The molecule has 1 aliphatic carbocycles. The van der Waals surface area contributed by atoms with Crippen LogP contribution in [-0.2, 0) is 6.42 Å². The quantitative estimate of drug-likeness (QED) is 0.191. The first-order valence-corrected chi connectivity index (χ1v) is 15.0. The van der Waals surface area contributed by atoms with Gasteiger partial charge in [-0.3, -0.25) is 0 Å². The molecule has 6 aromatic carbocycles. The van der Waals surface area contributed by atoms with E-state index in [9.17, 15) is 0 Å². The number of benzene rings is 6. The van der Waals surface area contributed by atoms with Crippen molar-refractivity contribution in [1.29, 1.82) is 0 Å². The van der Waals surface area contributed by atoms with Crippen molar-refractivity contribution in [3.63, 3.8) is 0 Å². The topological polar surface area (TPSA) is 0 Å². The van der Waals surface area contributed by atoms with Gasteiger partial charge in [0.2, 0.25) is 0 Å². The molecule has 6 aromatic rings. The average molecular weight is 539 g/mol. The fraction of sp³-hybridized carbons (Fsp3) is 0.0952. The Hall–Kier alpha value is -4.94. The molecule has 1 aliphatic rings. The maximum absolute atomic E-state index is 2.44. The number of allylic oxidation sites excluding steroid dienone is 5. The van der Waals surface area contributed by atoms with Crippen molar-refractivity contribution in [2.24, 2.45) is 0 Å². The van der Waals surface area contributed by atoms with E-state index in [2.05, 4.69) is 159 Å². The molecule has 0 saturated carbocycles. The molecule has 0 heteroatoms. The fourth-order valence-electron chi connectivity index (χ4n) is 6.73. The van der Waals surface area contributed by atoms with Crippen LogP contribution in [0.25, 0.3) is 66.6 Å². The minimum Gasteiger partial charge on any atom is -0.0877 e. The first-order chi connectivity index (χ1) is 20.8.